The van der Waals surface area contributed by atoms with E-state index in [0.29, 0.717) is 0 Å². The van der Waals surface area contributed by atoms with Gasteiger partial charge in [-0.25, -0.2) is 0 Å². The van der Waals surface area contributed by atoms with Crippen LogP contribution in [-0.4, -0.2) is 30.9 Å². The molecule has 86 valence electrons. The van der Waals surface area contributed by atoms with Gasteiger partial charge in [-0.3, -0.25) is 4.79 Å². The van der Waals surface area contributed by atoms with Crippen molar-refractivity contribution in [3.05, 3.63) is 35.4 Å². The maximum atomic E-state index is 11.6. The second kappa shape index (κ2) is 4.66. The van der Waals surface area contributed by atoms with E-state index in [1.165, 1.54) is 18.4 Å². The maximum Gasteiger partial charge on any atom is 0.253 e. The molecule has 0 atom stereocenters. The summed E-state index contributed by atoms with van der Waals surface area (Å²) < 4.78 is 0. The molecule has 0 saturated heterocycles. The van der Waals surface area contributed by atoms with E-state index in [4.69, 9.17) is 0 Å². The van der Waals surface area contributed by atoms with Crippen LogP contribution in [0.25, 0.3) is 0 Å². The van der Waals surface area contributed by atoms with Crippen molar-refractivity contribution in [3.63, 3.8) is 0 Å². The zero-order valence-corrected chi connectivity index (χ0v) is 9.86. The third kappa shape index (κ3) is 2.83. The Morgan fingerprint density at radius 1 is 1.31 bits per heavy atom. The first kappa shape index (κ1) is 11.1. The van der Waals surface area contributed by atoms with Crippen molar-refractivity contribution in [1.82, 2.24) is 10.2 Å². The first-order valence-electron chi connectivity index (χ1n) is 5.71. The Morgan fingerprint density at radius 3 is 2.44 bits per heavy atom. The predicted octanol–water partition coefficient (Wildman–Crippen LogP) is 1.64. The Kier molecular flexibility index (Phi) is 3.25. The highest BCUT2D eigenvalue weighted by molar-refractivity contribution is 5.93. The predicted molar refractivity (Wildman–Crippen MR) is 64.3 cm³/mol. The summed E-state index contributed by atoms with van der Waals surface area (Å²) in [6.07, 6.45) is 2.61. The zero-order chi connectivity index (χ0) is 11.5. The van der Waals surface area contributed by atoms with Crippen LogP contribution in [-0.2, 0) is 6.54 Å². The lowest BCUT2D eigenvalue weighted by Crippen LogP contribution is -2.21. The molecule has 0 aromatic heterocycles. The van der Waals surface area contributed by atoms with Crippen LogP contribution in [0.15, 0.2) is 24.3 Å². The van der Waals surface area contributed by atoms with Crippen LogP contribution < -0.4 is 5.32 Å². The lowest BCUT2D eigenvalue weighted by Gasteiger charge is -2.10. The van der Waals surface area contributed by atoms with Gasteiger partial charge in [-0.1, -0.05) is 12.1 Å². The summed E-state index contributed by atoms with van der Waals surface area (Å²) in [5, 5.41) is 3.45. The van der Waals surface area contributed by atoms with E-state index in [1.807, 2.05) is 24.3 Å². The number of nitrogens with zero attached hydrogens (tertiary/aromatic N) is 1. The molecule has 1 aromatic carbocycles. The second-order valence-corrected chi connectivity index (χ2v) is 4.55. The lowest BCUT2D eigenvalue weighted by molar-refractivity contribution is 0.0827. The third-order valence-corrected chi connectivity index (χ3v) is 2.78. The number of hydrogen-bond donors (Lipinski definition) is 1. The van der Waals surface area contributed by atoms with Crippen molar-refractivity contribution in [1.29, 1.82) is 0 Å². The van der Waals surface area contributed by atoms with Gasteiger partial charge in [0, 0.05) is 32.2 Å². The molecule has 1 fully saturated rings. The molecule has 1 aliphatic carbocycles. The highest BCUT2D eigenvalue weighted by atomic mass is 16.2. The number of benzene rings is 1. The van der Waals surface area contributed by atoms with E-state index < -0.39 is 0 Å². The van der Waals surface area contributed by atoms with Crippen LogP contribution in [0.2, 0.25) is 0 Å². The summed E-state index contributed by atoms with van der Waals surface area (Å²) in [5.74, 6) is 0.0571. The number of amides is 1. The largest absolute Gasteiger partial charge is 0.345 e. The van der Waals surface area contributed by atoms with Crippen LogP contribution in [0.1, 0.15) is 28.8 Å². The average Bonchev–Trinajstić information content (AvgIpc) is 3.10. The number of nitrogens with one attached hydrogen (secondary N) is 1. The lowest BCUT2D eigenvalue weighted by atomic mass is 10.1. The normalized spacial score (nSPS) is 14.9. The summed E-state index contributed by atoms with van der Waals surface area (Å²) in [5.41, 5.74) is 1.99. The van der Waals surface area contributed by atoms with Crippen LogP contribution in [0.3, 0.4) is 0 Å². The summed E-state index contributed by atoms with van der Waals surface area (Å²) >= 11 is 0. The summed E-state index contributed by atoms with van der Waals surface area (Å²) in [6, 6.07) is 8.56. The number of hydrogen-bond acceptors (Lipinski definition) is 2. The minimum atomic E-state index is 0.0571. The van der Waals surface area contributed by atoms with E-state index in [-0.39, 0.29) is 5.91 Å². The molecular weight excluding hydrogens is 200 g/mol. The average molecular weight is 218 g/mol. The quantitative estimate of drug-likeness (QED) is 0.833. The number of rotatable bonds is 4. The van der Waals surface area contributed by atoms with Gasteiger partial charge in [0.25, 0.3) is 5.91 Å². The van der Waals surface area contributed by atoms with Gasteiger partial charge < -0.3 is 10.2 Å². The van der Waals surface area contributed by atoms with Crippen molar-refractivity contribution < 1.29 is 4.79 Å². The van der Waals surface area contributed by atoms with Crippen molar-refractivity contribution in [2.45, 2.75) is 25.4 Å². The van der Waals surface area contributed by atoms with Crippen molar-refractivity contribution in [2.24, 2.45) is 0 Å². The molecule has 1 amide bonds. The number of carbonyl (C=O) groups is 1. The first-order chi connectivity index (χ1) is 7.66. The third-order valence-electron chi connectivity index (χ3n) is 2.78. The van der Waals surface area contributed by atoms with Gasteiger partial charge in [-0.2, -0.15) is 0 Å². The summed E-state index contributed by atoms with van der Waals surface area (Å²) in [7, 11) is 3.54. The second-order valence-electron chi connectivity index (χ2n) is 4.55. The summed E-state index contributed by atoms with van der Waals surface area (Å²) in [6.45, 7) is 0.904. The highest BCUT2D eigenvalue weighted by Gasteiger charge is 2.19. The number of carbonyl (C=O) groups excluding carboxylic acids is 1. The molecule has 2 rings (SSSR count). The van der Waals surface area contributed by atoms with Gasteiger partial charge in [-0.05, 0) is 30.5 Å². The van der Waals surface area contributed by atoms with Gasteiger partial charge in [0.05, 0.1) is 0 Å². The van der Waals surface area contributed by atoms with E-state index in [0.717, 1.165) is 18.2 Å². The SMILES string of the molecule is CN(C)C(=O)c1ccc(CNC2CC2)cc1. The van der Waals surface area contributed by atoms with Crippen LogP contribution in [0.4, 0.5) is 0 Å². The molecule has 1 aromatic rings. The van der Waals surface area contributed by atoms with E-state index in [2.05, 4.69) is 5.32 Å². The molecular formula is C13H18N2O. The Balaban J connectivity index is 1.95. The minimum Gasteiger partial charge on any atom is -0.345 e. The van der Waals surface area contributed by atoms with Crippen LogP contribution in [0, 0.1) is 0 Å². The Hall–Kier alpha value is -1.35. The van der Waals surface area contributed by atoms with E-state index >= 15 is 0 Å². The topological polar surface area (TPSA) is 32.3 Å². The molecule has 0 aliphatic heterocycles. The Labute approximate surface area is 96.5 Å². The first-order valence-corrected chi connectivity index (χ1v) is 5.71. The molecule has 0 heterocycles. The van der Waals surface area contributed by atoms with Crippen molar-refractivity contribution >= 4 is 5.91 Å². The molecule has 0 radical (unpaired) electrons. The van der Waals surface area contributed by atoms with Crippen molar-refractivity contribution in [3.8, 4) is 0 Å². The standard InChI is InChI=1S/C13H18N2O/c1-15(2)13(16)11-5-3-10(4-6-11)9-14-12-7-8-12/h3-6,12,14H,7-9H2,1-2H3. The molecule has 0 unspecified atom stereocenters. The fourth-order valence-electron chi connectivity index (χ4n) is 1.57. The monoisotopic (exact) mass is 218 g/mol. The minimum absolute atomic E-state index is 0.0571. The smallest absolute Gasteiger partial charge is 0.253 e. The van der Waals surface area contributed by atoms with Gasteiger partial charge in [0.1, 0.15) is 0 Å². The molecule has 3 heteroatoms. The molecule has 1 aliphatic rings. The zero-order valence-electron chi connectivity index (χ0n) is 9.86. The van der Waals surface area contributed by atoms with Gasteiger partial charge in [-0.15, -0.1) is 0 Å². The van der Waals surface area contributed by atoms with Crippen LogP contribution in [0.5, 0.6) is 0 Å². The maximum absolute atomic E-state index is 11.6. The summed E-state index contributed by atoms with van der Waals surface area (Å²) in [4.78, 5) is 13.2. The van der Waals surface area contributed by atoms with Gasteiger partial charge in [0.2, 0.25) is 0 Å². The Bertz CT molecular complexity index is 366. The molecule has 0 spiro atoms. The van der Waals surface area contributed by atoms with Crippen LogP contribution >= 0.6 is 0 Å². The van der Waals surface area contributed by atoms with E-state index in [9.17, 15) is 4.79 Å². The molecule has 0 bridgehead atoms. The van der Waals surface area contributed by atoms with Gasteiger partial charge >= 0.3 is 0 Å². The van der Waals surface area contributed by atoms with E-state index in [1.54, 1.807) is 19.0 Å². The highest BCUT2D eigenvalue weighted by Crippen LogP contribution is 2.19. The molecule has 1 N–H and O–H groups in total. The molecule has 3 nitrogen and oxygen atoms in total. The van der Waals surface area contributed by atoms with Crippen molar-refractivity contribution in [2.75, 3.05) is 14.1 Å². The molecule has 16 heavy (non-hydrogen) atoms. The molecule has 1 saturated carbocycles. The Morgan fingerprint density at radius 2 is 1.94 bits per heavy atom. The fraction of sp³-hybridized carbons (Fsp3) is 0.462. The van der Waals surface area contributed by atoms with Gasteiger partial charge in [0.15, 0.2) is 0 Å². The fourth-order valence-corrected chi connectivity index (χ4v) is 1.57.